The van der Waals surface area contributed by atoms with Crippen molar-refractivity contribution in [2.75, 3.05) is 13.2 Å². The number of aliphatic hydroxyl groups excluding tert-OH is 1. The van der Waals surface area contributed by atoms with Crippen molar-refractivity contribution < 1.29 is 5.11 Å². The number of nitrogens with zero attached hydrogens (tertiary/aromatic N) is 3. The molecule has 88 valence electrons. The minimum Gasteiger partial charge on any atom is -0.395 e. The highest BCUT2D eigenvalue weighted by Gasteiger charge is 2.21. The molecule has 4 nitrogen and oxygen atoms in total. The molecule has 16 heavy (non-hydrogen) atoms. The smallest absolute Gasteiger partial charge is 0.222 e. The Balaban J connectivity index is 2.02. The van der Waals surface area contributed by atoms with Crippen LogP contribution in [-0.2, 0) is 6.54 Å². The molecule has 0 amide bonds. The molecule has 1 unspecified atom stereocenters. The van der Waals surface area contributed by atoms with Gasteiger partial charge in [0.2, 0.25) is 5.28 Å². The fourth-order valence-corrected chi connectivity index (χ4v) is 2.31. The van der Waals surface area contributed by atoms with Crippen molar-refractivity contribution >= 4 is 11.6 Å². The largest absolute Gasteiger partial charge is 0.395 e. The predicted molar refractivity (Wildman–Crippen MR) is 62.2 cm³/mol. The van der Waals surface area contributed by atoms with E-state index in [0.717, 1.165) is 25.2 Å². The summed E-state index contributed by atoms with van der Waals surface area (Å²) in [5.74, 6) is 0. The third-order valence-electron chi connectivity index (χ3n) is 3.01. The number of hydrogen-bond acceptors (Lipinski definition) is 4. The highest BCUT2D eigenvalue weighted by molar-refractivity contribution is 6.28. The Morgan fingerprint density at radius 3 is 3.12 bits per heavy atom. The van der Waals surface area contributed by atoms with Gasteiger partial charge >= 0.3 is 0 Å². The third kappa shape index (κ3) is 2.90. The van der Waals surface area contributed by atoms with Gasteiger partial charge in [0.25, 0.3) is 0 Å². The molecule has 1 aliphatic heterocycles. The number of aromatic nitrogens is 2. The van der Waals surface area contributed by atoms with Gasteiger partial charge in [-0.15, -0.1) is 0 Å². The zero-order chi connectivity index (χ0) is 11.4. The van der Waals surface area contributed by atoms with Gasteiger partial charge in [-0.05, 0) is 37.1 Å². The van der Waals surface area contributed by atoms with Gasteiger partial charge in [-0.1, -0.05) is 6.42 Å². The van der Waals surface area contributed by atoms with E-state index in [0.29, 0.717) is 0 Å². The van der Waals surface area contributed by atoms with Crippen LogP contribution in [0, 0.1) is 0 Å². The summed E-state index contributed by atoms with van der Waals surface area (Å²) in [4.78, 5) is 10.3. The van der Waals surface area contributed by atoms with Crippen LogP contribution in [0.1, 0.15) is 25.0 Å². The normalized spacial score (nSPS) is 22.2. The fourth-order valence-electron chi connectivity index (χ4n) is 2.14. The molecule has 2 heterocycles. The van der Waals surface area contributed by atoms with E-state index in [1.54, 1.807) is 6.20 Å². The molecule has 1 aromatic rings. The summed E-state index contributed by atoms with van der Waals surface area (Å²) >= 11 is 5.74. The predicted octanol–water partition coefficient (Wildman–Crippen LogP) is 1.48. The molecule has 1 atom stereocenters. The number of likely N-dealkylation sites (tertiary alicyclic amines) is 1. The Morgan fingerprint density at radius 2 is 2.38 bits per heavy atom. The minimum absolute atomic E-state index is 0.221. The lowest BCUT2D eigenvalue weighted by atomic mass is 10.0. The van der Waals surface area contributed by atoms with E-state index in [9.17, 15) is 5.11 Å². The van der Waals surface area contributed by atoms with Crippen LogP contribution in [0.15, 0.2) is 12.3 Å². The summed E-state index contributed by atoms with van der Waals surface area (Å²) in [5, 5.41) is 9.58. The molecule has 0 spiro atoms. The molecule has 0 radical (unpaired) electrons. The van der Waals surface area contributed by atoms with Gasteiger partial charge in [-0.3, -0.25) is 4.90 Å². The van der Waals surface area contributed by atoms with E-state index in [1.807, 2.05) is 6.07 Å². The van der Waals surface area contributed by atoms with Gasteiger partial charge in [0.15, 0.2) is 0 Å². The average molecular weight is 242 g/mol. The van der Waals surface area contributed by atoms with Gasteiger partial charge in [0.1, 0.15) is 0 Å². The number of hydrogen-bond donors (Lipinski definition) is 1. The lowest BCUT2D eigenvalue weighted by molar-refractivity contribution is 0.0830. The standard InChI is InChI=1S/C11H16ClN3O/c12-11-13-5-4-9(14-11)7-15-6-2-1-3-10(15)8-16/h4-5,10,16H,1-3,6-8H2. The van der Waals surface area contributed by atoms with Gasteiger partial charge < -0.3 is 5.11 Å². The first kappa shape index (κ1) is 11.8. The van der Waals surface area contributed by atoms with Crippen molar-refractivity contribution in [3.63, 3.8) is 0 Å². The number of halogens is 1. The molecule has 1 aliphatic rings. The Kier molecular flexibility index (Phi) is 4.09. The van der Waals surface area contributed by atoms with E-state index in [4.69, 9.17) is 11.6 Å². The van der Waals surface area contributed by atoms with Crippen molar-refractivity contribution in [1.82, 2.24) is 14.9 Å². The van der Waals surface area contributed by atoms with Crippen LogP contribution < -0.4 is 0 Å². The molecule has 2 rings (SSSR count). The Bertz CT molecular complexity index is 348. The molecule has 0 aromatic carbocycles. The maximum absolute atomic E-state index is 9.29. The van der Waals surface area contributed by atoms with Crippen LogP contribution >= 0.6 is 11.6 Å². The van der Waals surface area contributed by atoms with Crippen molar-refractivity contribution in [2.45, 2.75) is 31.8 Å². The van der Waals surface area contributed by atoms with Crippen molar-refractivity contribution in [3.05, 3.63) is 23.2 Å². The van der Waals surface area contributed by atoms with Crippen LogP contribution in [0.25, 0.3) is 0 Å². The molecule has 5 heteroatoms. The second-order valence-corrected chi connectivity index (χ2v) is 4.46. The number of rotatable bonds is 3. The van der Waals surface area contributed by atoms with E-state index in [-0.39, 0.29) is 17.9 Å². The maximum Gasteiger partial charge on any atom is 0.222 e. The topological polar surface area (TPSA) is 49.2 Å². The van der Waals surface area contributed by atoms with E-state index in [2.05, 4.69) is 14.9 Å². The van der Waals surface area contributed by atoms with Crippen LogP contribution in [0.3, 0.4) is 0 Å². The summed E-state index contributed by atoms with van der Waals surface area (Å²) in [6.45, 7) is 1.99. The molecule has 1 N–H and O–H groups in total. The third-order valence-corrected chi connectivity index (χ3v) is 3.19. The molecule has 0 aliphatic carbocycles. The number of aliphatic hydroxyl groups is 1. The Morgan fingerprint density at radius 1 is 1.50 bits per heavy atom. The molecular formula is C11H16ClN3O. The molecule has 1 aromatic heterocycles. The minimum atomic E-state index is 0.221. The van der Waals surface area contributed by atoms with Crippen molar-refractivity contribution in [1.29, 1.82) is 0 Å². The Labute approximate surface area is 100 Å². The molecular weight excluding hydrogens is 226 g/mol. The molecule has 1 fully saturated rings. The second-order valence-electron chi connectivity index (χ2n) is 4.12. The number of piperidine rings is 1. The second kappa shape index (κ2) is 5.57. The van der Waals surface area contributed by atoms with Crippen LogP contribution in [-0.4, -0.2) is 39.2 Å². The van der Waals surface area contributed by atoms with Crippen LogP contribution in [0.5, 0.6) is 0 Å². The average Bonchev–Trinajstić information content (AvgIpc) is 2.30. The van der Waals surface area contributed by atoms with Crippen molar-refractivity contribution in [3.8, 4) is 0 Å². The fraction of sp³-hybridized carbons (Fsp3) is 0.636. The van der Waals surface area contributed by atoms with E-state index < -0.39 is 0 Å². The maximum atomic E-state index is 9.29. The van der Waals surface area contributed by atoms with Gasteiger partial charge in [0.05, 0.1) is 12.3 Å². The molecule has 0 saturated carbocycles. The summed E-state index contributed by atoms with van der Waals surface area (Å²) < 4.78 is 0. The lowest BCUT2D eigenvalue weighted by Gasteiger charge is -2.34. The summed E-state index contributed by atoms with van der Waals surface area (Å²) in [5.41, 5.74) is 0.917. The van der Waals surface area contributed by atoms with Gasteiger partial charge in [-0.25, -0.2) is 9.97 Å². The van der Waals surface area contributed by atoms with Crippen LogP contribution in [0.4, 0.5) is 0 Å². The first-order valence-corrected chi connectivity index (χ1v) is 5.99. The monoisotopic (exact) mass is 241 g/mol. The lowest BCUT2D eigenvalue weighted by Crippen LogP contribution is -2.41. The zero-order valence-electron chi connectivity index (χ0n) is 9.14. The summed E-state index contributed by atoms with van der Waals surface area (Å²) in [6.07, 6.45) is 5.12. The van der Waals surface area contributed by atoms with Gasteiger partial charge in [-0.2, -0.15) is 0 Å². The highest BCUT2D eigenvalue weighted by Crippen LogP contribution is 2.18. The Hall–Kier alpha value is -0.710. The van der Waals surface area contributed by atoms with Crippen LogP contribution in [0.2, 0.25) is 5.28 Å². The van der Waals surface area contributed by atoms with E-state index >= 15 is 0 Å². The van der Waals surface area contributed by atoms with Crippen molar-refractivity contribution in [2.24, 2.45) is 0 Å². The SMILES string of the molecule is OCC1CCCCN1Cc1ccnc(Cl)n1. The van der Waals surface area contributed by atoms with Gasteiger partial charge in [0, 0.05) is 18.8 Å². The molecule has 0 bridgehead atoms. The molecule has 1 saturated heterocycles. The quantitative estimate of drug-likeness (QED) is 0.815. The zero-order valence-corrected chi connectivity index (χ0v) is 9.90. The summed E-state index contributed by atoms with van der Waals surface area (Å²) in [7, 11) is 0. The van der Waals surface area contributed by atoms with E-state index in [1.165, 1.54) is 12.8 Å². The first-order chi connectivity index (χ1) is 7.79. The first-order valence-electron chi connectivity index (χ1n) is 5.62. The highest BCUT2D eigenvalue weighted by atomic mass is 35.5. The summed E-state index contributed by atoms with van der Waals surface area (Å²) in [6, 6.07) is 2.14.